The Morgan fingerprint density at radius 3 is 3.06 bits per heavy atom. The number of benzene rings is 1. The fourth-order valence-corrected chi connectivity index (χ4v) is 3.55. The van der Waals surface area contributed by atoms with Crippen LogP contribution in [0.2, 0.25) is 0 Å². The van der Waals surface area contributed by atoms with E-state index in [9.17, 15) is 0 Å². The van der Waals surface area contributed by atoms with Crippen LogP contribution in [0.15, 0.2) is 35.0 Å². The lowest BCUT2D eigenvalue weighted by Gasteiger charge is -1.99. The molecule has 0 fully saturated rings. The number of hydrogen-bond donors (Lipinski definition) is 1. The van der Waals surface area contributed by atoms with E-state index in [1.54, 1.807) is 22.7 Å². The molecule has 0 aliphatic heterocycles. The van der Waals surface area contributed by atoms with Crippen molar-refractivity contribution in [3.63, 3.8) is 0 Å². The molecule has 0 bridgehead atoms. The molecule has 2 heterocycles. The van der Waals surface area contributed by atoms with Crippen LogP contribution in [0, 0.1) is 6.92 Å². The van der Waals surface area contributed by atoms with Crippen molar-refractivity contribution in [2.45, 2.75) is 13.3 Å². The van der Waals surface area contributed by atoms with Crippen LogP contribution >= 0.6 is 22.7 Å². The second-order valence-corrected chi connectivity index (χ2v) is 6.11. The lowest BCUT2D eigenvalue weighted by atomic mass is 10.2. The Labute approximate surface area is 114 Å². The molecule has 4 heteroatoms. The van der Waals surface area contributed by atoms with Gasteiger partial charge in [-0.2, -0.15) is 11.3 Å². The Morgan fingerprint density at radius 2 is 2.22 bits per heavy atom. The third-order valence-corrected chi connectivity index (χ3v) is 4.52. The molecule has 0 unspecified atom stereocenters. The first kappa shape index (κ1) is 11.7. The van der Waals surface area contributed by atoms with E-state index in [1.807, 2.05) is 0 Å². The van der Waals surface area contributed by atoms with E-state index >= 15 is 0 Å². The van der Waals surface area contributed by atoms with Gasteiger partial charge in [-0.1, -0.05) is 17.4 Å². The van der Waals surface area contributed by atoms with Gasteiger partial charge in [-0.15, -0.1) is 0 Å². The van der Waals surface area contributed by atoms with Gasteiger partial charge in [0, 0.05) is 6.54 Å². The van der Waals surface area contributed by atoms with Gasteiger partial charge in [0.05, 0.1) is 10.2 Å². The first-order valence-corrected chi connectivity index (χ1v) is 7.69. The molecule has 0 spiro atoms. The summed E-state index contributed by atoms with van der Waals surface area (Å²) in [4.78, 5) is 4.58. The highest BCUT2D eigenvalue weighted by Gasteiger charge is 2.03. The molecule has 18 heavy (non-hydrogen) atoms. The van der Waals surface area contributed by atoms with Crippen LogP contribution in [0.25, 0.3) is 10.2 Å². The van der Waals surface area contributed by atoms with Gasteiger partial charge < -0.3 is 5.32 Å². The molecule has 1 N–H and O–H groups in total. The summed E-state index contributed by atoms with van der Waals surface area (Å²) < 4.78 is 1.26. The van der Waals surface area contributed by atoms with E-state index in [4.69, 9.17) is 0 Å². The number of rotatable bonds is 4. The molecule has 1 aromatic carbocycles. The first-order chi connectivity index (χ1) is 8.81. The molecule has 2 aromatic heterocycles. The monoisotopic (exact) mass is 274 g/mol. The molecule has 0 aliphatic rings. The normalized spacial score (nSPS) is 10.9. The van der Waals surface area contributed by atoms with Gasteiger partial charge in [-0.05, 0) is 53.4 Å². The summed E-state index contributed by atoms with van der Waals surface area (Å²) in [7, 11) is 0. The highest BCUT2D eigenvalue weighted by molar-refractivity contribution is 7.22. The number of aromatic nitrogens is 1. The van der Waals surface area contributed by atoms with Crippen molar-refractivity contribution in [1.29, 1.82) is 0 Å². The summed E-state index contributed by atoms with van der Waals surface area (Å²) in [6.45, 7) is 3.05. The molecule has 0 saturated carbocycles. The van der Waals surface area contributed by atoms with Gasteiger partial charge in [0.1, 0.15) is 0 Å². The number of fused-ring (bicyclic) bond motifs is 1. The van der Waals surface area contributed by atoms with Crippen LogP contribution < -0.4 is 5.32 Å². The predicted molar refractivity (Wildman–Crippen MR) is 80.9 cm³/mol. The number of thiophene rings is 1. The third-order valence-electron chi connectivity index (χ3n) is 2.81. The molecule has 0 amide bonds. The van der Waals surface area contributed by atoms with Gasteiger partial charge in [-0.3, -0.25) is 0 Å². The summed E-state index contributed by atoms with van der Waals surface area (Å²) in [6, 6.07) is 8.56. The number of nitrogens with zero attached hydrogens (tertiary/aromatic N) is 1. The Bertz CT molecular complexity index is 641. The topological polar surface area (TPSA) is 24.9 Å². The fourth-order valence-electron chi connectivity index (χ4n) is 1.86. The standard InChI is InChI=1S/C14H14N2S2/c1-10-2-3-12-13(8-10)18-14(16-12)15-6-4-11-5-7-17-9-11/h2-3,5,7-9H,4,6H2,1H3,(H,15,16). The van der Waals surface area contributed by atoms with Gasteiger partial charge in [0.15, 0.2) is 5.13 Å². The quantitative estimate of drug-likeness (QED) is 0.766. The third kappa shape index (κ3) is 2.54. The summed E-state index contributed by atoms with van der Waals surface area (Å²) >= 11 is 3.48. The number of thiazole rings is 1. The van der Waals surface area contributed by atoms with Crippen LogP contribution in [0.1, 0.15) is 11.1 Å². The van der Waals surface area contributed by atoms with Crippen LogP contribution in [-0.4, -0.2) is 11.5 Å². The summed E-state index contributed by atoms with van der Waals surface area (Å²) in [5, 5.41) is 8.74. The minimum Gasteiger partial charge on any atom is -0.361 e. The molecule has 0 radical (unpaired) electrons. The van der Waals surface area contributed by atoms with Crippen molar-refractivity contribution in [1.82, 2.24) is 4.98 Å². The molecular weight excluding hydrogens is 260 g/mol. The average Bonchev–Trinajstić information content (AvgIpc) is 2.97. The number of nitrogens with one attached hydrogen (secondary N) is 1. The fraction of sp³-hybridized carbons (Fsp3) is 0.214. The second-order valence-electron chi connectivity index (χ2n) is 4.30. The van der Waals surface area contributed by atoms with E-state index < -0.39 is 0 Å². The van der Waals surface area contributed by atoms with E-state index in [-0.39, 0.29) is 0 Å². The SMILES string of the molecule is Cc1ccc2nc(NCCc3ccsc3)sc2c1. The number of hydrogen-bond acceptors (Lipinski definition) is 4. The number of anilines is 1. The van der Waals surface area contributed by atoms with Gasteiger partial charge >= 0.3 is 0 Å². The highest BCUT2D eigenvalue weighted by Crippen LogP contribution is 2.26. The summed E-state index contributed by atoms with van der Waals surface area (Å²) in [5.74, 6) is 0. The molecule has 3 rings (SSSR count). The van der Waals surface area contributed by atoms with Gasteiger partial charge in [0.2, 0.25) is 0 Å². The summed E-state index contributed by atoms with van der Waals surface area (Å²) in [5.41, 5.74) is 3.77. The largest absolute Gasteiger partial charge is 0.361 e. The molecule has 0 atom stereocenters. The van der Waals surface area contributed by atoms with Crippen molar-refractivity contribution in [3.8, 4) is 0 Å². The van der Waals surface area contributed by atoms with E-state index in [0.717, 1.165) is 23.6 Å². The second kappa shape index (κ2) is 5.08. The Kier molecular flexibility index (Phi) is 3.30. The average molecular weight is 274 g/mol. The zero-order valence-electron chi connectivity index (χ0n) is 10.1. The zero-order valence-corrected chi connectivity index (χ0v) is 11.8. The predicted octanol–water partition coefficient (Wildman–Crippen LogP) is 4.32. The maximum absolute atomic E-state index is 4.58. The maximum Gasteiger partial charge on any atom is 0.183 e. The van der Waals surface area contributed by atoms with E-state index in [0.29, 0.717) is 0 Å². The Morgan fingerprint density at radius 1 is 1.28 bits per heavy atom. The van der Waals surface area contributed by atoms with Crippen molar-refractivity contribution >= 4 is 38.0 Å². The molecule has 92 valence electrons. The van der Waals surface area contributed by atoms with Gasteiger partial charge in [-0.25, -0.2) is 4.98 Å². The van der Waals surface area contributed by atoms with Crippen molar-refractivity contribution in [2.75, 3.05) is 11.9 Å². The molecule has 2 nitrogen and oxygen atoms in total. The van der Waals surface area contributed by atoms with Crippen LogP contribution in [0.5, 0.6) is 0 Å². The van der Waals surface area contributed by atoms with Crippen LogP contribution in [-0.2, 0) is 6.42 Å². The van der Waals surface area contributed by atoms with Crippen LogP contribution in [0.3, 0.4) is 0 Å². The van der Waals surface area contributed by atoms with Gasteiger partial charge in [0.25, 0.3) is 0 Å². The Balaban J connectivity index is 1.67. The zero-order chi connectivity index (χ0) is 12.4. The lowest BCUT2D eigenvalue weighted by molar-refractivity contribution is 1.02. The highest BCUT2D eigenvalue weighted by atomic mass is 32.1. The maximum atomic E-state index is 4.58. The lowest BCUT2D eigenvalue weighted by Crippen LogP contribution is -2.03. The molecule has 0 saturated heterocycles. The van der Waals surface area contributed by atoms with Crippen molar-refractivity contribution in [3.05, 3.63) is 46.2 Å². The van der Waals surface area contributed by atoms with Crippen molar-refractivity contribution < 1.29 is 0 Å². The Hall–Kier alpha value is -1.39. The first-order valence-electron chi connectivity index (χ1n) is 5.93. The van der Waals surface area contributed by atoms with Crippen LogP contribution in [0.4, 0.5) is 5.13 Å². The molecule has 3 aromatic rings. The van der Waals surface area contributed by atoms with Crippen molar-refractivity contribution in [2.24, 2.45) is 0 Å². The molecule has 0 aliphatic carbocycles. The minimum absolute atomic E-state index is 0.940. The molecular formula is C14H14N2S2. The minimum atomic E-state index is 0.940. The smallest absolute Gasteiger partial charge is 0.183 e. The summed E-state index contributed by atoms with van der Waals surface area (Å²) in [6.07, 6.45) is 1.05. The van der Waals surface area contributed by atoms with E-state index in [1.165, 1.54) is 15.8 Å². The van der Waals surface area contributed by atoms with E-state index in [2.05, 4.69) is 52.3 Å². The number of aryl methyl sites for hydroxylation is 1.